The van der Waals surface area contributed by atoms with E-state index in [0.717, 1.165) is 5.56 Å². The number of nitrogens with zero attached hydrogens (tertiary/aromatic N) is 2. The van der Waals surface area contributed by atoms with E-state index in [2.05, 4.69) is 21.2 Å². The highest BCUT2D eigenvalue weighted by molar-refractivity contribution is 9.11. The van der Waals surface area contributed by atoms with Crippen LogP contribution in [0.25, 0.3) is 0 Å². The lowest BCUT2D eigenvalue weighted by atomic mass is 9.74. The summed E-state index contributed by atoms with van der Waals surface area (Å²) in [5, 5.41) is 12.4. The second kappa shape index (κ2) is 16.0. The monoisotopic (exact) mass is 749 g/mol. The summed E-state index contributed by atoms with van der Waals surface area (Å²) in [5.74, 6) is -3.61. The highest BCUT2D eigenvalue weighted by Gasteiger charge is 2.75. The fourth-order valence-corrected chi connectivity index (χ4v) is 8.45. The topological polar surface area (TPSA) is 135 Å². The van der Waals surface area contributed by atoms with E-state index < -0.39 is 47.7 Å². The second-order valence-electron chi connectivity index (χ2n) is 13.3. The smallest absolute Gasteiger partial charge is 0.313 e. The van der Waals surface area contributed by atoms with Gasteiger partial charge in [0.1, 0.15) is 29.8 Å². The Labute approximate surface area is 300 Å². The number of nitrogens with one attached hydrogen (secondary N) is 1. The van der Waals surface area contributed by atoms with Gasteiger partial charge in [0.15, 0.2) is 0 Å². The number of amides is 3. The first-order valence-corrected chi connectivity index (χ1v) is 18.1. The number of halogens is 1. The number of methoxy groups -OCH3 is 1. The third kappa shape index (κ3) is 7.16. The number of rotatable bonds is 10. The number of cyclic esters (lactones) is 1. The van der Waals surface area contributed by atoms with E-state index >= 15 is 0 Å². The van der Waals surface area contributed by atoms with Crippen molar-refractivity contribution in [1.29, 1.82) is 0 Å². The molecule has 0 radical (unpaired) electrons. The van der Waals surface area contributed by atoms with Crippen LogP contribution in [0.2, 0.25) is 0 Å². The van der Waals surface area contributed by atoms with E-state index in [0.29, 0.717) is 35.7 Å². The number of likely N-dealkylation sites (tertiary alicyclic amines) is 1. The fourth-order valence-electron chi connectivity index (χ4n) is 7.71. The van der Waals surface area contributed by atoms with Crippen molar-refractivity contribution in [3.8, 4) is 0 Å². The molecule has 12 heteroatoms. The van der Waals surface area contributed by atoms with Crippen molar-refractivity contribution < 1.29 is 38.5 Å². The Morgan fingerprint density at radius 3 is 2.42 bits per heavy atom. The van der Waals surface area contributed by atoms with Crippen LogP contribution in [0.5, 0.6) is 0 Å². The fraction of sp³-hybridized carbons (Fsp3) is 0.474. The first-order valence-electron chi connectivity index (χ1n) is 17.3. The number of carbonyl (C=O) groups excluding carboxylic acids is 4. The van der Waals surface area contributed by atoms with Gasteiger partial charge in [-0.25, -0.2) is 0 Å². The van der Waals surface area contributed by atoms with Crippen LogP contribution in [-0.2, 0) is 39.9 Å². The number of ether oxygens (including phenoxy) is 3. The number of carbonyl (C=O) groups is 4. The molecule has 2 aromatic rings. The van der Waals surface area contributed by atoms with Crippen molar-refractivity contribution in [2.75, 3.05) is 33.4 Å². The molecule has 50 heavy (non-hydrogen) atoms. The van der Waals surface area contributed by atoms with Gasteiger partial charge in [-0.2, -0.15) is 0 Å². The molecule has 0 unspecified atom stereocenters. The zero-order chi connectivity index (χ0) is 35.3. The van der Waals surface area contributed by atoms with E-state index in [4.69, 9.17) is 14.2 Å². The molecule has 6 rings (SSSR count). The van der Waals surface area contributed by atoms with Crippen LogP contribution in [-0.4, -0.2) is 95.8 Å². The molecule has 1 spiro atoms. The average molecular weight is 751 g/mol. The van der Waals surface area contributed by atoms with Gasteiger partial charge < -0.3 is 34.4 Å². The van der Waals surface area contributed by atoms with Gasteiger partial charge in [-0.1, -0.05) is 88.7 Å². The van der Waals surface area contributed by atoms with Crippen LogP contribution in [0.3, 0.4) is 0 Å². The third-order valence-corrected chi connectivity index (χ3v) is 10.7. The maximum Gasteiger partial charge on any atom is 0.313 e. The van der Waals surface area contributed by atoms with Gasteiger partial charge >= 0.3 is 5.97 Å². The zero-order valence-electron chi connectivity index (χ0n) is 28.1. The molecule has 0 aliphatic carbocycles. The van der Waals surface area contributed by atoms with Gasteiger partial charge in [-0.15, -0.1) is 0 Å². The summed E-state index contributed by atoms with van der Waals surface area (Å²) in [5.41, 5.74) is 0.161. The van der Waals surface area contributed by atoms with Crippen molar-refractivity contribution in [1.82, 2.24) is 15.1 Å². The predicted molar refractivity (Wildman–Crippen MR) is 187 cm³/mol. The van der Waals surface area contributed by atoms with E-state index in [1.54, 1.807) is 15.9 Å². The summed E-state index contributed by atoms with van der Waals surface area (Å²) >= 11 is 3.62. The van der Waals surface area contributed by atoms with Gasteiger partial charge in [0.2, 0.25) is 17.7 Å². The minimum Gasteiger partial charge on any atom is -0.455 e. The van der Waals surface area contributed by atoms with Crippen LogP contribution < -0.4 is 5.32 Å². The lowest BCUT2D eigenvalue weighted by Crippen LogP contribution is -2.55. The predicted octanol–water partition coefficient (Wildman–Crippen LogP) is 3.82. The number of esters is 1. The van der Waals surface area contributed by atoms with Gasteiger partial charge in [0.25, 0.3) is 0 Å². The lowest BCUT2D eigenvalue weighted by molar-refractivity contribution is -0.162. The number of fused-ring (bicyclic) bond motifs is 2. The zero-order valence-corrected chi connectivity index (χ0v) is 29.7. The average Bonchev–Trinajstić information content (AvgIpc) is 3.71. The van der Waals surface area contributed by atoms with Gasteiger partial charge in [0, 0.05) is 44.3 Å². The summed E-state index contributed by atoms with van der Waals surface area (Å²) in [6.45, 7) is 0.883. The SMILES string of the molecule is COC[C@H]1NC(=O)CC/C=C\CN(Cc2ccccc2)C(=O)[C@@H]2N(CCCCCO)C(=O)[C@H]3[C@H](C(=O)O[C@@H]1c1ccccc1)[C@H]1O[C@@]23C=C1Br. The number of allylic oxidation sites excluding steroid dienone is 1. The Balaban J connectivity index is 1.43. The maximum absolute atomic E-state index is 14.9. The molecular formula is C38H44BrN3O8. The van der Waals surface area contributed by atoms with Crippen molar-refractivity contribution in [3.63, 3.8) is 0 Å². The first kappa shape index (κ1) is 36.0. The Morgan fingerprint density at radius 2 is 1.70 bits per heavy atom. The van der Waals surface area contributed by atoms with Gasteiger partial charge in [-0.05, 0) is 42.9 Å². The molecular weight excluding hydrogens is 706 g/mol. The Morgan fingerprint density at radius 1 is 0.960 bits per heavy atom. The molecule has 4 aliphatic heterocycles. The van der Waals surface area contributed by atoms with E-state index in [1.165, 1.54) is 7.11 Å². The number of aliphatic hydroxyl groups is 1. The Kier molecular flexibility index (Phi) is 11.5. The van der Waals surface area contributed by atoms with Crippen LogP contribution in [0, 0.1) is 11.8 Å². The molecule has 4 heterocycles. The molecule has 0 saturated carbocycles. The van der Waals surface area contributed by atoms with Crippen LogP contribution >= 0.6 is 15.9 Å². The van der Waals surface area contributed by atoms with E-state index in [-0.39, 0.29) is 57.0 Å². The van der Waals surface area contributed by atoms with Gasteiger partial charge in [0.05, 0.1) is 18.6 Å². The number of benzene rings is 2. The molecule has 5 bridgehead atoms. The van der Waals surface area contributed by atoms with Crippen LogP contribution in [0.15, 0.2) is 83.4 Å². The minimum absolute atomic E-state index is 0.0293. The van der Waals surface area contributed by atoms with Crippen molar-refractivity contribution in [2.24, 2.45) is 11.8 Å². The lowest BCUT2D eigenvalue weighted by Gasteiger charge is -2.36. The normalized spacial score (nSPS) is 30.6. The molecule has 4 aliphatic rings. The molecule has 266 valence electrons. The standard InChI is InChI=1S/C38H44BrN3O8/c1-48-24-28-32(26-16-8-3-9-17-26)49-37(47)30-31-35(45)42(20-12-5-13-21-43)34(38(31)22-27(39)33(30)50-38)36(46)41(23-25-14-6-2-7-15-25)19-11-4-10-18-29(44)40-28/h2-4,6-9,11,14-17,22,28,30-34,43H,5,10,12-13,18-21,23-24H2,1H3,(H,40,44)/b11-4-/t28-,30+,31-,32-,33+,34+,38-/m1/s1. The summed E-state index contributed by atoms with van der Waals surface area (Å²) < 4.78 is 19.0. The Hall–Kier alpha value is -3.84. The quantitative estimate of drug-likeness (QED) is 0.213. The molecule has 7 atom stereocenters. The molecule has 11 nitrogen and oxygen atoms in total. The van der Waals surface area contributed by atoms with Gasteiger partial charge in [-0.3, -0.25) is 19.2 Å². The number of unbranched alkanes of at least 4 members (excludes halogenated alkanes) is 2. The molecule has 3 amide bonds. The maximum atomic E-state index is 14.9. The highest BCUT2D eigenvalue weighted by Crippen LogP contribution is 2.59. The van der Waals surface area contributed by atoms with Crippen LogP contribution in [0.4, 0.5) is 0 Å². The van der Waals surface area contributed by atoms with Crippen molar-refractivity contribution in [3.05, 3.63) is 94.5 Å². The van der Waals surface area contributed by atoms with E-state index in [9.17, 15) is 24.3 Å². The molecule has 2 saturated heterocycles. The Bertz CT molecular complexity index is 1600. The first-order chi connectivity index (χ1) is 24.3. The molecule has 2 fully saturated rings. The summed E-state index contributed by atoms with van der Waals surface area (Å²) in [6, 6.07) is 17.0. The van der Waals surface area contributed by atoms with Crippen molar-refractivity contribution >= 4 is 39.6 Å². The van der Waals surface area contributed by atoms with E-state index in [1.807, 2.05) is 72.8 Å². The van der Waals surface area contributed by atoms with Crippen molar-refractivity contribution in [2.45, 2.75) is 68.5 Å². The summed E-state index contributed by atoms with van der Waals surface area (Å²) in [6.07, 6.45) is 6.17. The number of hydrogen-bond acceptors (Lipinski definition) is 8. The largest absolute Gasteiger partial charge is 0.455 e. The third-order valence-electron chi connectivity index (χ3n) is 9.98. The summed E-state index contributed by atoms with van der Waals surface area (Å²) in [4.78, 5) is 60.5. The summed E-state index contributed by atoms with van der Waals surface area (Å²) in [7, 11) is 1.52. The molecule has 0 aromatic heterocycles. The number of hydrogen-bond donors (Lipinski definition) is 2. The van der Waals surface area contributed by atoms with Crippen LogP contribution in [0.1, 0.15) is 49.3 Å². The minimum atomic E-state index is -1.41. The number of aliphatic hydroxyl groups excluding tert-OH is 1. The molecule has 2 N–H and O–H groups in total. The molecule has 2 aromatic carbocycles. The highest BCUT2D eigenvalue weighted by atomic mass is 79.9. The second-order valence-corrected chi connectivity index (χ2v) is 14.2.